The zero-order chi connectivity index (χ0) is 12.4. The molecule has 2 N–H and O–H groups in total. The predicted octanol–water partition coefficient (Wildman–Crippen LogP) is 0.489. The molecule has 0 heterocycles. The second kappa shape index (κ2) is 8.48. The van der Waals surface area contributed by atoms with Crippen molar-refractivity contribution in [2.75, 3.05) is 13.1 Å². The Morgan fingerprint density at radius 2 is 1.81 bits per heavy atom. The van der Waals surface area contributed by atoms with E-state index in [0.717, 1.165) is 12.8 Å². The van der Waals surface area contributed by atoms with Crippen molar-refractivity contribution in [2.24, 2.45) is 0 Å². The molecule has 0 aliphatic rings. The second-order valence-electron chi connectivity index (χ2n) is 3.43. The van der Waals surface area contributed by atoms with Gasteiger partial charge in [-0.05, 0) is 19.8 Å². The van der Waals surface area contributed by atoms with E-state index in [0.29, 0.717) is 18.7 Å². The van der Waals surface area contributed by atoms with E-state index in [1.165, 1.54) is 0 Å². The summed E-state index contributed by atoms with van der Waals surface area (Å²) in [7, 11) is 0. The molecule has 0 aliphatic carbocycles. The van der Waals surface area contributed by atoms with Crippen molar-refractivity contribution in [3.8, 4) is 6.07 Å². The van der Waals surface area contributed by atoms with Gasteiger partial charge in [-0.2, -0.15) is 5.26 Å². The van der Waals surface area contributed by atoms with E-state index >= 15 is 0 Å². The molecule has 2 amide bonds. The zero-order valence-corrected chi connectivity index (χ0v) is 9.51. The summed E-state index contributed by atoms with van der Waals surface area (Å²) in [6.45, 7) is 6.26. The van der Waals surface area contributed by atoms with Crippen molar-refractivity contribution in [1.29, 1.82) is 5.26 Å². The van der Waals surface area contributed by atoms with Crippen molar-refractivity contribution >= 4 is 11.8 Å². The number of hydrogen-bond acceptors (Lipinski definition) is 3. The highest BCUT2D eigenvalue weighted by atomic mass is 16.2. The van der Waals surface area contributed by atoms with Gasteiger partial charge >= 0.3 is 0 Å². The van der Waals surface area contributed by atoms with Gasteiger partial charge in [0, 0.05) is 18.7 Å². The van der Waals surface area contributed by atoms with Gasteiger partial charge in [-0.1, -0.05) is 6.58 Å². The van der Waals surface area contributed by atoms with Crippen LogP contribution in [0.4, 0.5) is 0 Å². The summed E-state index contributed by atoms with van der Waals surface area (Å²) >= 11 is 0. The highest BCUT2D eigenvalue weighted by molar-refractivity contribution is 5.91. The quantitative estimate of drug-likeness (QED) is 0.486. The maximum absolute atomic E-state index is 11.1. The Hall–Kier alpha value is -1.83. The highest BCUT2D eigenvalue weighted by Gasteiger charge is 2.00. The third kappa shape index (κ3) is 7.56. The molecule has 88 valence electrons. The topological polar surface area (TPSA) is 82.0 Å². The average molecular weight is 223 g/mol. The third-order valence-electron chi connectivity index (χ3n) is 1.84. The highest BCUT2D eigenvalue weighted by Crippen LogP contribution is 1.89. The van der Waals surface area contributed by atoms with Gasteiger partial charge < -0.3 is 10.6 Å². The summed E-state index contributed by atoms with van der Waals surface area (Å²) in [5.41, 5.74) is 0.488. The van der Waals surface area contributed by atoms with Crippen LogP contribution in [-0.2, 0) is 9.59 Å². The molecule has 0 fully saturated rings. The Balaban J connectivity index is 3.35. The lowest BCUT2D eigenvalue weighted by molar-refractivity contribution is -0.120. The van der Waals surface area contributed by atoms with Crippen LogP contribution >= 0.6 is 0 Å². The number of hydrogen-bond donors (Lipinski definition) is 2. The molecule has 0 rings (SSSR count). The van der Waals surface area contributed by atoms with E-state index in [1.807, 2.05) is 0 Å². The molecule has 0 atom stereocenters. The van der Waals surface area contributed by atoms with Crippen LogP contribution in [0.2, 0.25) is 0 Å². The summed E-state index contributed by atoms with van der Waals surface area (Å²) in [5.74, 6) is -0.401. The molecule has 5 heteroatoms. The Morgan fingerprint density at radius 1 is 1.25 bits per heavy atom. The van der Waals surface area contributed by atoms with Crippen molar-refractivity contribution < 1.29 is 9.59 Å². The molecule has 0 radical (unpaired) electrons. The Labute approximate surface area is 95.5 Å². The van der Waals surface area contributed by atoms with Crippen LogP contribution in [0.15, 0.2) is 12.2 Å². The lowest BCUT2D eigenvalue weighted by atomic mass is 10.3. The number of unbranched alkanes of at least 4 members (excludes halogenated alkanes) is 1. The molecule has 0 bridgehead atoms. The number of rotatable bonds is 7. The van der Waals surface area contributed by atoms with E-state index in [-0.39, 0.29) is 18.2 Å². The lowest BCUT2D eigenvalue weighted by Gasteiger charge is -2.05. The van der Waals surface area contributed by atoms with Crippen molar-refractivity contribution in [3.63, 3.8) is 0 Å². The molecule has 0 unspecified atom stereocenters. The predicted molar refractivity (Wildman–Crippen MR) is 60.3 cm³/mol. The summed E-state index contributed by atoms with van der Waals surface area (Å²) in [4.78, 5) is 21.9. The fourth-order valence-corrected chi connectivity index (χ4v) is 0.965. The minimum atomic E-state index is -0.256. The normalized spacial score (nSPS) is 9.00. The molecule has 0 saturated heterocycles. The Bertz CT molecular complexity index is 305. The average Bonchev–Trinajstić information content (AvgIpc) is 2.23. The monoisotopic (exact) mass is 223 g/mol. The number of carbonyl (C=O) groups is 2. The molecular formula is C11H17N3O2. The minimum absolute atomic E-state index is 0.105. The largest absolute Gasteiger partial charge is 0.355 e. The number of nitrogens with one attached hydrogen (secondary N) is 2. The van der Waals surface area contributed by atoms with Gasteiger partial charge in [0.05, 0.1) is 6.07 Å². The first kappa shape index (κ1) is 14.2. The van der Waals surface area contributed by atoms with Gasteiger partial charge in [0.15, 0.2) is 0 Å². The molecule has 0 aromatic rings. The number of nitriles is 1. The van der Waals surface area contributed by atoms with Crippen LogP contribution in [0.3, 0.4) is 0 Å². The standard InChI is InChI=1S/C11H17N3O2/c1-9(2)11(16)14-8-4-3-7-13-10(15)5-6-12/h1,3-5,7-8H2,2H3,(H,13,15)(H,14,16). The van der Waals surface area contributed by atoms with Gasteiger partial charge in [-0.3, -0.25) is 9.59 Å². The third-order valence-corrected chi connectivity index (χ3v) is 1.84. The number of nitrogens with zero attached hydrogens (tertiary/aromatic N) is 1. The van der Waals surface area contributed by atoms with Crippen LogP contribution < -0.4 is 10.6 Å². The van der Waals surface area contributed by atoms with E-state index < -0.39 is 0 Å². The fraction of sp³-hybridized carbons (Fsp3) is 0.545. The molecular weight excluding hydrogens is 206 g/mol. The zero-order valence-electron chi connectivity index (χ0n) is 9.51. The van der Waals surface area contributed by atoms with Gasteiger partial charge in [-0.25, -0.2) is 0 Å². The van der Waals surface area contributed by atoms with Crippen molar-refractivity contribution in [2.45, 2.75) is 26.2 Å². The molecule has 5 nitrogen and oxygen atoms in total. The number of amides is 2. The van der Waals surface area contributed by atoms with Crippen molar-refractivity contribution in [1.82, 2.24) is 10.6 Å². The summed E-state index contributed by atoms with van der Waals surface area (Å²) < 4.78 is 0. The van der Waals surface area contributed by atoms with Crippen LogP contribution in [0, 0.1) is 11.3 Å². The first-order valence-corrected chi connectivity index (χ1v) is 5.15. The van der Waals surface area contributed by atoms with Gasteiger partial charge in [0.2, 0.25) is 11.8 Å². The first-order valence-electron chi connectivity index (χ1n) is 5.15. The summed E-state index contributed by atoms with van der Waals surface area (Å²) in [5, 5.41) is 13.5. The first-order chi connectivity index (χ1) is 7.57. The van der Waals surface area contributed by atoms with Crippen LogP contribution in [0.1, 0.15) is 26.2 Å². The molecule has 16 heavy (non-hydrogen) atoms. The van der Waals surface area contributed by atoms with Crippen LogP contribution in [-0.4, -0.2) is 24.9 Å². The molecule has 0 aromatic heterocycles. The second-order valence-corrected chi connectivity index (χ2v) is 3.43. The molecule has 0 spiro atoms. The van der Waals surface area contributed by atoms with Crippen molar-refractivity contribution in [3.05, 3.63) is 12.2 Å². The smallest absolute Gasteiger partial charge is 0.246 e. The van der Waals surface area contributed by atoms with E-state index in [1.54, 1.807) is 13.0 Å². The molecule has 0 aromatic carbocycles. The summed E-state index contributed by atoms with van der Waals surface area (Å²) in [6, 6.07) is 1.77. The van der Waals surface area contributed by atoms with E-state index in [2.05, 4.69) is 17.2 Å². The Morgan fingerprint density at radius 3 is 2.31 bits per heavy atom. The lowest BCUT2D eigenvalue weighted by Crippen LogP contribution is -2.27. The Kier molecular flexibility index (Phi) is 7.51. The minimum Gasteiger partial charge on any atom is -0.355 e. The van der Waals surface area contributed by atoms with Gasteiger partial charge in [0.1, 0.15) is 6.42 Å². The molecule has 0 saturated carbocycles. The van der Waals surface area contributed by atoms with Gasteiger partial charge in [0.25, 0.3) is 0 Å². The maximum atomic E-state index is 11.1. The van der Waals surface area contributed by atoms with Gasteiger partial charge in [-0.15, -0.1) is 0 Å². The van der Waals surface area contributed by atoms with Crippen LogP contribution in [0.5, 0.6) is 0 Å². The van der Waals surface area contributed by atoms with E-state index in [9.17, 15) is 9.59 Å². The number of carbonyl (C=O) groups excluding carboxylic acids is 2. The van der Waals surface area contributed by atoms with E-state index in [4.69, 9.17) is 5.26 Å². The van der Waals surface area contributed by atoms with Crippen LogP contribution in [0.25, 0.3) is 0 Å². The summed E-state index contributed by atoms with van der Waals surface area (Å²) in [6.07, 6.45) is 1.45. The fourth-order valence-electron chi connectivity index (χ4n) is 0.965. The SMILES string of the molecule is C=C(C)C(=O)NCCCCNC(=O)CC#N. The molecule has 0 aliphatic heterocycles. The maximum Gasteiger partial charge on any atom is 0.246 e.